The van der Waals surface area contributed by atoms with Gasteiger partial charge in [0.05, 0.1) is 18.4 Å². The molecule has 0 fully saturated rings. The summed E-state index contributed by atoms with van der Waals surface area (Å²) < 4.78 is 11.2. The number of hydrogen-bond acceptors (Lipinski definition) is 5. The number of pyridine rings is 1. The predicted octanol–water partition coefficient (Wildman–Crippen LogP) is 3.45. The average Bonchev–Trinajstić information content (AvgIpc) is 3.40. The summed E-state index contributed by atoms with van der Waals surface area (Å²) in [4.78, 5) is 20.0. The number of carbonyl (C=O) groups excluding carboxylic acids is 1. The minimum absolute atomic E-state index is 0.00825. The number of nitrogens with zero attached hydrogens (tertiary/aromatic N) is 3. The van der Waals surface area contributed by atoms with E-state index in [0.29, 0.717) is 17.9 Å². The fraction of sp³-hybridized carbons (Fsp3) is 0.136. The molecule has 2 aliphatic rings. The van der Waals surface area contributed by atoms with E-state index in [1.54, 1.807) is 12.4 Å². The standard InChI is InChI=1S/C22H15N3O3/c26-21-22(13-27-20-10-19-14(9-17(20)22)11-24-28-19)16-6-1-2-7-18(16)25(21)12-15-5-3-4-8-23-15/h1-11H,12-13H2. The zero-order chi connectivity index (χ0) is 18.7. The van der Waals surface area contributed by atoms with Crippen LogP contribution in [0.5, 0.6) is 5.75 Å². The molecule has 1 unspecified atom stereocenters. The monoisotopic (exact) mass is 369 g/mol. The number of anilines is 1. The Hall–Kier alpha value is -3.67. The van der Waals surface area contributed by atoms with Gasteiger partial charge in [-0.15, -0.1) is 0 Å². The highest BCUT2D eigenvalue weighted by molar-refractivity contribution is 6.11. The van der Waals surface area contributed by atoms with Crippen molar-refractivity contribution in [1.29, 1.82) is 0 Å². The van der Waals surface area contributed by atoms with Gasteiger partial charge in [0.2, 0.25) is 5.91 Å². The van der Waals surface area contributed by atoms with E-state index < -0.39 is 5.41 Å². The maximum absolute atomic E-state index is 13.8. The molecule has 136 valence electrons. The molecule has 0 bridgehead atoms. The van der Waals surface area contributed by atoms with Crippen LogP contribution < -0.4 is 9.64 Å². The first-order valence-corrected chi connectivity index (χ1v) is 9.10. The molecule has 2 aromatic carbocycles. The van der Waals surface area contributed by atoms with Crippen LogP contribution in [0.25, 0.3) is 11.0 Å². The lowest BCUT2D eigenvalue weighted by Crippen LogP contribution is -2.42. The van der Waals surface area contributed by atoms with E-state index in [1.807, 2.05) is 59.5 Å². The van der Waals surface area contributed by atoms with Crippen LogP contribution in [0.2, 0.25) is 0 Å². The molecule has 4 aromatic rings. The molecule has 6 heteroatoms. The zero-order valence-electron chi connectivity index (χ0n) is 14.8. The molecule has 1 spiro atoms. The first-order valence-electron chi connectivity index (χ1n) is 9.10. The third kappa shape index (κ3) is 1.89. The molecular weight excluding hydrogens is 354 g/mol. The van der Waals surface area contributed by atoms with E-state index in [0.717, 1.165) is 27.9 Å². The fourth-order valence-electron chi connectivity index (χ4n) is 4.35. The van der Waals surface area contributed by atoms with Crippen LogP contribution in [0.1, 0.15) is 16.8 Å². The summed E-state index contributed by atoms with van der Waals surface area (Å²) in [6.45, 7) is 0.695. The van der Waals surface area contributed by atoms with E-state index in [1.165, 1.54) is 0 Å². The number of para-hydroxylation sites is 1. The summed E-state index contributed by atoms with van der Waals surface area (Å²) in [5.41, 5.74) is 3.37. The summed E-state index contributed by atoms with van der Waals surface area (Å²) in [7, 11) is 0. The molecule has 4 heterocycles. The van der Waals surface area contributed by atoms with Crippen molar-refractivity contribution >= 4 is 22.6 Å². The van der Waals surface area contributed by atoms with Gasteiger partial charge in [-0.05, 0) is 29.8 Å². The molecule has 0 aliphatic carbocycles. The Balaban J connectivity index is 1.55. The maximum Gasteiger partial charge on any atom is 0.246 e. The Kier molecular flexibility index (Phi) is 2.98. The van der Waals surface area contributed by atoms with E-state index in [2.05, 4.69) is 10.1 Å². The van der Waals surface area contributed by atoms with Crippen molar-refractivity contribution in [1.82, 2.24) is 10.1 Å². The van der Waals surface area contributed by atoms with Gasteiger partial charge in [-0.3, -0.25) is 9.78 Å². The van der Waals surface area contributed by atoms with Gasteiger partial charge in [-0.2, -0.15) is 0 Å². The molecule has 28 heavy (non-hydrogen) atoms. The van der Waals surface area contributed by atoms with Crippen molar-refractivity contribution in [2.45, 2.75) is 12.0 Å². The van der Waals surface area contributed by atoms with Crippen molar-refractivity contribution in [2.24, 2.45) is 0 Å². The first-order chi connectivity index (χ1) is 13.8. The summed E-state index contributed by atoms with van der Waals surface area (Å²) in [6, 6.07) is 17.4. The molecule has 1 amide bonds. The Bertz CT molecular complexity index is 1230. The van der Waals surface area contributed by atoms with Gasteiger partial charge in [0.1, 0.15) is 17.8 Å². The summed E-state index contributed by atoms with van der Waals surface area (Å²) in [5, 5.41) is 4.72. The molecular formula is C22H15N3O3. The van der Waals surface area contributed by atoms with Gasteiger partial charge in [0.25, 0.3) is 0 Å². The quantitative estimate of drug-likeness (QED) is 0.541. The number of benzene rings is 2. The third-order valence-electron chi connectivity index (χ3n) is 5.67. The first kappa shape index (κ1) is 15.4. The number of hydrogen-bond donors (Lipinski definition) is 0. The number of amides is 1. The molecule has 0 saturated heterocycles. The lowest BCUT2D eigenvalue weighted by atomic mass is 9.77. The average molecular weight is 369 g/mol. The Morgan fingerprint density at radius 3 is 2.86 bits per heavy atom. The van der Waals surface area contributed by atoms with Crippen LogP contribution in [-0.4, -0.2) is 22.7 Å². The second-order valence-corrected chi connectivity index (χ2v) is 7.14. The second kappa shape index (κ2) is 5.42. The lowest BCUT2D eigenvalue weighted by molar-refractivity contribution is -0.122. The smallest absolute Gasteiger partial charge is 0.246 e. The van der Waals surface area contributed by atoms with Gasteiger partial charge >= 0.3 is 0 Å². The summed E-state index contributed by atoms with van der Waals surface area (Å²) >= 11 is 0. The van der Waals surface area contributed by atoms with E-state index in [-0.39, 0.29) is 12.5 Å². The maximum atomic E-state index is 13.8. The molecule has 2 aliphatic heterocycles. The largest absolute Gasteiger partial charge is 0.491 e. The van der Waals surface area contributed by atoms with Gasteiger partial charge < -0.3 is 14.2 Å². The van der Waals surface area contributed by atoms with Gasteiger partial charge in [-0.1, -0.05) is 29.4 Å². The summed E-state index contributed by atoms with van der Waals surface area (Å²) in [6.07, 6.45) is 3.41. The van der Waals surface area contributed by atoms with Crippen LogP contribution in [0, 0.1) is 0 Å². The van der Waals surface area contributed by atoms with Crippen molar-refractivity contribution in [2.75, 3.05) is 11.5 Å². The SMILES string of the molecule is O=C1N(Cc2ccccn2)c2ccccc2C12COc1cc3oncc3cc12. The van der Waals surface area contributed by atoms with E-state index in [9.17, 15) is 4.79 Å². The predicted molar refractivity (Wildman–Crippen MR) is 102 cm³/mol. The highest BCUT2D eigenvalue weighted by Gasteiger charge is 2.57. The van der Waals surface area contributed by atoms with Crippen molar-refractivity contribution in [3.8, 4) is 5.75 Å². The topological polar surface area (TPSA) is 68.5 Å². The lowest BCUT2D eigenvalue weighted by Gasteiger charge is -2.23. The molecule has 1 atom stereocenters. The molecule has 6 rings (SSSR count). The zero-order valence-corrected chi connectivity index (χ0v) is 14.8. The van der Waals surface area contributed by atoms with Crippen molar-refractivity contribution < 1.29 is 14.1 Å². The van der Waals surface area contributed by atoms with Crippen molar-refractivity contribution in [3.63, 3.8) is 0 Å². The van der Waals surface area contributed by atoms with Gasteiger partial charge in [0, 0.05) is 28.9 Å². The number of ether oxygens (including phenoxy) is 1. The Labute approximate surface area is 160 Å². The molecule has 0 radical (unpaired) electrons. The van der Waals surface area contributed by atoms with Crippen LogP contribution in [0.3, 0.4) is 0 Å². The summed E-state index contributed by atoms with van der Waals surface area (Å²) in [5.74, 6) is 0.681. The highest BCUT2D eigenvalue weighted by atomic mass is 16.5. The number of rotatable bonds is 2. The number of carbonyl (C=O) groups is 1. The molecule has 0 N–H and O–H groups in total. The van der Waals surface area contributed by atoms with E-state index >= 15 is 0 Å². The van der Waals surface area contributed by atoms with Crippen molar-refractivity contribution in [3.05, 3.63) is 83.8 Å². The third-order valence-corrected chi connectivity index (χ3v) is 5.67. The number of aromatic nitrogens is 2. The van der Waals surface area contributed by atoms with Crippen LogP contribution in [0.4, 0.5) is 5.69 Å². The van der Waals surface area contributed by atoms with Gasteiger partial charge in [-0.25, -0.2) is 0 Å². The Morgan fingerprint density at radius 1 is 1.07 bits per heavy atom. The normalized spacial score (nSPS) is 19.9. The molecule has 2 aromatic heterocycles. The highest BCUT2D eigenvalue weighted by Crippen LogP contribution is 2.53. The van der Waals surface area contributed by atoms with Crippen LogP contribution in [-0.2, 0) is 16.8 Å². The van der Waals surface area contributed by atoms with E-state index in [4.69, 9.17) is 9.26 Å². The minimum atomic E-state index is -0.855. The minimum Gasteiger partial charge on any atom is -0.491 e. The molecule has 0 saturated carbocycles. The Morgan fingerprint density at radius 2 is 1.96 bits per heavy atom. The number of fused-ring (bicyclic) bond motifs is 5. The van der Waals surface area contributed by atoms with Crippen LogP contribution in [0.15, 0.2) is 71.5 Å². The molecule has 6 nitrogen and oxygen atoms in total. The van der Waals surface area contributed by atoms with Crippen LogP contribution >= 0.6 is 0 Å². The fourth-order valence-corrected chi connectivity index (χ4v) is 4.35. The second-order valence-electron chi connectivity index (χ2n) is 7.14. The van der Waals surface area contributed by atoms with Gasteiger partial charge in [0.15, 0.2) is 5.58 Å².